The number of fused-ring (bicyclic) bond motifs is 3. The third kappa shape index (κ3) is 2.84. The molecule has 2 aliphatic carbocycles. The van der Waals surface area contributed by atoms with Gasteiger partial charge >= 0.3 is 0 Å². The zero-order chi connectivity index (χ0) is 18.8. The SMILES string of the molecule is CC(C)[C@@H]1C[C@@H](NS(=O)(=O)C2CC2)C[C@H]1c1nnc2cnc3[nH]ccc3n12. The molecule has 3 atom stereocenters. The van der Waals surface area contributed by atoms with Crippen molar-refractivity contribution in [3.8, 4) is 0 Å². The molecule has 0 spiro atoms. The quantitative estimate of drug-likeness (QED) is 0.697. The van der Waals surface area contributed by atoms with Crippen molar-refractivity contribution in [2.75, 3.05) is 0 Å². The minimum Gasteiger partial charge on any atom is -0.345 e. The lowest BCUT2D eigenvalue weighted by molar-refractivity contribution is 0.345. The van der Waals surface area contributed by atoms with E-state index in [1.54, 1.807) is 6.20 Å². The molecule has 3 aromatic heterocycles. The van der Waals surface area contributed by atoms with Gasteiger partial charge in [-0.2, -0.15) is 0 Å². The van der Waals surface area contributed by atoms with E-state index in [2.05, 4.69) is 43.1 Å². The average Bonchev–Trinajstić information content (AvgIpc) is 3.05. The molecule has 0 amide bonds. The monoisotopic (exact) mass is 388 g/mol. The Morgan fingerprint density at radius 3 is 2.81 bits per heavy atom. The second-order valence-corrected chi connectivity index (χ2v) is 10.3. The maximum atomic E-state index is 12.4. The smallest absolute Gasteiger partial charge is 0.214 e. The highest BCUT2D eigenvalue weighted by Crippen LogP contribution is 2.44. The third-order valence-corrected chi connectivity index (χ3v) is 8.07. The van der Waals surface area contributed by atoms with Crippen molar-refractivity contribution in [3.63, 3.8) is 0 Å². The van der Waals surface area contributed by atoms with Crippen molar-refractivity contribution in [1.82, 2.24) is 29.3 Å². The first kappa shape index (κ1) is 17.1. The Hall–Kier alpha value is -2.00. The summed E-state index contributed by atoms with van der Waals surface area (Å²) in [5, 5.41) is 8.64. The van der Waals surface area contributed by atoms with Crippen molar-refractivity contribution >= 4 is 26.8 Å². The number of aromatic nitrogens is 5. The highest BCUT2D eigenvalue weighted by Gasteiger charge is 2.43. The van der Waals surface area contributed by atoms with Crippen molar-refractivity contribution in [2.45, 2.75) is 56.7 Å². The van der Waals surface area contributed by atoms with Crippen LogP contribution < -0.4 is 4.72 Å². The Bertz CT molecular complexity index is 1100. The summed E-state index contributed by atoms with van der Waals surface area (Å²) < 4.78 is 29.9. The summed E-state index contributed by atoms with van der Waals surface area (Å²) in [4.78, 5) is 7.52. The number of hydrogen-bond donors (Lipinski definition) is 2. The van der Waals surface area contributed by atoms with E-state index in [1.165, 1.54) is 0 Å². The third-order valence-electron chi connectivity index (χ3n) is 6.06. The topological polar surface area (TPSA) is 105 Å². The van der Waals surface area contributed by atoms with E-state index in [-0.39, 0.29) is 17.2 Å². The first-order chi connectivity index (χ1) is 12.9. The summed E-state index contributed by atoms with van der Waals surface area (Å²) in [6.07, 6.45) is 6.75. The van der Waals surface area contributed by atoms with Gasteiger partial charge in [0.05, 0.1) is 17.0 Å². The van der Waals surface area contributed by atoms with Crippen LogP contribution in [0.2, 0.25) is 0 Å². The molecular weight excluding hydrogens is 364 g/mol. The normalized spacial score (nSPS) is 26.6. The number of H-pyrrole nitrogens is 1. The number of sulfonamides is 1. The highest BCUT2D eigenvalue weighted by atomic mass is 32.2. The molecule has 27 heavy (non-hydrogen) atoms. The van der Waals surface area contributed by atoms with E-state index < -0.39 is 10.0 Å². The van der Waals surface area contributed by atoms with Crippen LogP contribution in [0.3, 0.4) is 0 Å². The fourth-order valence-corrected chi connectivity index (χ4v) is 6.15. The Morgan fingerprint density at radius 2 is 2.07 bits per heavy atom. The second-order valence-electron chi connectivity index (χ2n) is 8.27. The van der Waals surface area contributed by atoms with Crippen LogP contribution in [0.25, 0.3) is 16.8 Å². The molecule has 2 aliphatic rings. The first-order valence-electron chi connectivity index (χ1n) is 9.62. The van der Waals surface area contributed by atoms with Crippen LogP contribution >= 0.6 is 0 Å². The van der Waals surface area contributed by atoms with Gasteiger partial charge in [-0.3, -0.25) is 4.40 Å². The molecule has 2 saturated carbocycles. The molecule has 3 heterocycles. The molecule has 0 aliphatic heterocycles. The molecule has 0 aromatic carbocycles. The van der Waals surface area contributed by atoms with Crippen molar-refractivity contribution < 1.29 is 8.42 Å². The van der Waals surface area contributed by atoms with Crippen molar-refractivity contribution in [3.05, 3.63) is 24.3 Å². The molecule has 0 saturated heterocycles. The molecule has 0 bridgehead atoms. The summed E-state index contributed by atoms with van der Waals surface area (Å²) in [5.74, 6) is 1.85. The van der Waals surface area contributed by atoms with Gasteiger partial charge in [0.25, 0.3) is 0 Å². The number of nitrogens with one attached hydrogen (secondary N) is 2. The maximum absolute atomic E-state index is 12.4. The molecule has 0 unspecified atom stereocenters. The van der Waals surface area contributed by atoms with E-state index in [0.29, 0.717) is 11.8 Å². The molecule has 3 aromatic rings. The summed E-state index contributed by atoms with van der Waals surface area (Å²) >= 11 is 0. The van der Waals surface area contributed by atoms with Gasteiger partial charge in [-0.25, -0.2) is 18.1 Å². The Kier molecular flexibility index (Phi) is 3.80. The van der Waals surface area contributed by atoms with Gasteiger partial charge < -0.3 is 4.98 Å². The van der Waals surface area contributed by atoms with Crippen LogP contribution in [0.15, 0.2) is 18.5 Å². The minimum absolute atomic E-state index is 0.0381. The number of aromatic amines is 1. The maximum Gasteiger partial charge on any atom is 0.214 e. The lowest BCUT2D eigenvalue weighted by atomic mass is 9.85. The largest absolute Gasteiger partial charge is 0.345 e. The summed E-state index contributed by atoms with van der Waals surface area (Å²) in [6, 6.07) is 1.94. The predicted octanol–water partition coefficient (Wildman–Crippen LogP) is 2.21. The molecule has 5 rings (SSSR count). The van der Waals surface area contributed by atoms with E-state index in [1.807, 2.05) is 12.3 Å². The van der Waals surface area contributed by atoms with Gasteiger partial charge in [-0.15, -0.1) is 10.2 Å². The van der Waals surface area contributed by atoms with Gasteiger partial charge in [-0.05, 0) is 43.6 Å². The molecular formula is C18H24N6O2S. The van der Waals surface area contributed by atoms with E-state index >= 15 is 0 Å². The highest BCUT2D eigenvalue weighted by molar-refractivity contribution is 7.90. The predicted molar refractivity (Wildman–Crippen MR) is 102 cm³/mol. The molecule has 0 radical (unpaired) electrons. The summed E-state index contributed by atoms with van der Waals surface area (Å²) in [7, 11) is -3.19. The number of rotatable bonds is 5. The summed E-state index contributed by atoms with van der Waals surface area (Å²) in [6.45, 7) is 4.40. The number of hydrogen-bond acceptors (Lipinski definition) is 5. The van der Waals surface area contributed by atoms with Crippen molar-refractivity contribution in [2.24, 2.45) is 11.8 Å². The van der Waals surface area contributed by atoms with Gasteiger partial charge in [0.1, 0.15) is 5.82 Å². The van der Waals surface area contributed by atoms with Crippen LogP contribution in [0, 0.1) is 11.8 Å². The van der Waals surface area contributed by atoms with E-state index in [0.717, 1.165) is 48.3 Å². The van der Waals surface area contributed by atoms with Crippen molar-refractivity contribution in [1.29, 1.82) is 0 Å². The zero-order valence-corrected chi connectivity index (χ0v) is 16.3. The lowest BCUT2D eigenvalue weighted by Crippen LogP contribution is -2.35. The van der Waals surface area contributed by atoms with Gasteiger partial charge in [-0.1, -0.05) is 13.8 Å². The zero-order valence-electron chi connectivity index (χ0n) is 15.5. The Balaban J connectivity index is 1.53. The van der Waals surface area contributed by atoms with E-state index in [4.69, 9.17) is 0 Å². The second kappa shape index (κ2) is 6.00. The Morgan fingerprint density at radius 1 is 1.26 bits per heavy atom. The fraction of sp³-hybridized carbons (Fsp3) is 0.611. The van der Waals surface area contributed by atoms with Crippen LogP contribution in [-0.4, -0.2) is 44.3 Å². The van der Waals surface area contributed by atoms with Crippen LogP contribution in [0.1, 0.15) is 51.3 Å². The van der Waals surface area contributed by atoms with Crippen LogP contribution in [0.5, 0.6) is 0 Å². The Labute approximate surface area is 157 Å². The number of nitrogens with zero attached hydrogens (tertiary/aromatic N) is 4. The van der Waals surface area contributed by atoms with Gasteiger partial charge in [0, 0.05) is 18.2 Å². The van der Waals surface area contributed by atoms with Crippen LogP contribution in [0.4, 0.5) is 0 Å². The lowest BCUT2D eigenvalue weighted by Gasteiger charge is -2.21. The molecule has 144 valence electrons. The first-order valence-corrected chi connectivity index (χ1v) is 11.2. The van der Waals surface area contributed by atoms with E-state index in [9.17, 15) is 8.42 Å². The summed E-state index contributed by atoms with van der Waals surface area (Å²) in [5.41, 5.74) is 2.48. The van der Waals surface area contributed by atoms with Gasteiger partial charge in [0.2, 0.25) is 10.0 Å². The molecule has 9 heteroatoms. The fourth-order valence-electron chi connectivity index (χ4n) is 4.55. The average molecular weight is 388 g/mol. The standard InChI is InChI=1S/C18H24N6O2S/c1-10(2)13-7-11(23-27(25,26)12-3-4-12)8-14(13)18-22-21-16-9-20-17-15(24(16)18)5-6-19-17/h5-6,9-14,19,23H,3-4,7-8H2,1-2H3/t11-,13+,14-/m1/s1. The minimum atomic E-state index is -3.19. The van der Waals surface area contributed by atoms with Gasteiger partial charge in [0.15, 0.2) is 11.3 Å². The molecule has 2 N–H and O–H groups in total. The molecule has 8 nitrogen and oxygen atoms in total. The van der Waals surface area contributed by atoms with Crippen LogP contribution in [-0.2, 0) is 10.0 Å². The molecule has 2 fully saturated rings.